The first-order valence-electron chi connectivity index (χ1n) is 11.4. The third-order valence-electron chi connectivity index (χ3n) is 6.25. The molecule has 3 aromatic rings. The van der Waals surface area contributed by atoms with E-state index < -0.39 is 6.04 Å². The predicted octanol–water partition coefficient (Wildman–Crippen LogP) is 3.83. The molecular formula is C27H28N4O2. The molecule has 2 aliphatic heterocycles. The number of anilines is 2. The number of benzene rings is 3. The number of ether oxygens (including phenoxy) is 1. The number of hydrogen-bond donors (Lipinski definition) is 0. The highest BCUT2D eigenvalue weighted by Gasteiger charge is 2.39. The molecule has 1 unspecified atom stereocenters. The Morgan fingerprint density at radius 3 is 2.12 bits per heavy atom. The first kappa shape index (κ1) is 21.1. The number of methoxy groups -OCH3 is 1. The first-order chi connectivity index (χ1) is 16.2. The summed E-state index contributed by atoms with van der Waals surface area (Å²) in [5, 5.41) is 0. The van der Waals surface area contributed by atoms with Gasteiger partial charge in [-0.3, -0.25) is 4.79 Å². The Kier molecular flexibility index (Phi) is 5.98. The summed E-state index contributed by atoms with van der Waals surface area (Å²) in [5.74, 6) is 1.67. The average Bonchev–Trinajstić information content (AvgIpc) is 3.21. The molecule has 6 heteroatoms. The molecule has 33 heavy (non-hydrogen) atoms. The lowest BCUT2D eigenvalue weighted by Gasteiger charge is -2.39. The smallest absolute Gasteiger partial charge is 0.259 e. The molecule has 0 N–H and O–H groups in total. The Morgan fingerprint density at radius 1 is 0.818 bits per heavy atom. The SMILES string of the molecule is COc1ccccc1N1CCN(C2=NC(Cc3ccccc3)C(=O)N2c2ccccc2)CC1. The number of hydrogen-bond acceptors (Lipinski definition) is 5. The topological polar surface area (TPSA) is 48.4 Å². The Balaban J connectivity index is 1.38. The van der Waals surface area contributed by atoms with Crippen LogP contribution in [0.15, 0.2) is 89.9 Å². The number of aliphatic imine (C=N–C) groups is 1. The Morgan fingerprint density at radius 2 is 1.42 bits per heavy atom. The average molecular weight is 441 g/mol. The fraction of sp³-hybridized carbons (Fsp3) is 0.259. The van der Waals surface area contributed by atoms with Crippen molar-refractivity contribution in [3.8, 4) is 5.75 Å². The van der Waals surface area contributed by atoms with Gasteiger partial charge in [0.2, 0.25) is 5.96 Å². The molecule has 0 aromatic heterocycles. The summed E-state index contributed by atoms with van der Waals surface area (Å²) in [6, 6.07) is 27.7. The Hall–Kier alpha value is -3.80. The largest absolute Gasteiger partial charge is 0.495 e. The van der Waals surface area contributed by atoms with Gasteiger partial charge in [0.25, 0.3) is 5.91 Å². The lowest BCUT2D eigenvalue weighted by Crippen LogP contribution is -2.53. The predicted molar refractivity (Wildman–Crippen MR) is 132 cm³/mol. The molecule has 168 valence electrons. The van der Waals surface area contributed by atoms with Gasteiger partial charge < -0.3 is 14.5 Å². The van der Waals surface area contributed by atoms with Gasteiger partial charge in [0, 0.05) is 32.6 Å². The molecule has 2 heterocycles. The normalized spacial score (nSPS) is 18.5. The van der Waals surface area contributed by atoms with Gasteiger partial charge in [-0.15, -0.1) is 0 Å². The second-order valence-electron chi connectivity index (χ2n) is 8.29. The third kappa shape index (κ3) is 4.29. The van der Waals surface area contributed by atoms with Crippen molar-refractivity contribution in [2.24, 2.45) is 4.99 Å². The summed E-state index contributed by atoms with van der Waals surface area (Å²) in [7, 11) is 1.71. The standard InChI is InChI=1S/C27H28N4O2/c1-33-25-15-9-8-14-24(25)29-16-18-30(19-17-29)27-28-23(20-21-10-4-2-5-11-21)26(32)31(27)22-12-6-3-7-13-22/h2-15,23H,16-20H2,1H3. The van der Waals surface area contributed by atoms with Crippen molar-refractivity contribution in [2.75, 3.05) is 43.1 Å². The van der Waals surface area contributed by atoms with E-state index in [0.717, 1.165) is 54.8 Å². The van der Waals surface area contributed by atoms with Crippen LogP contribution in [0.25, 0.3) is 0 Å². The van der Waals surface area contributed by atoms with Crippen LogP contribution in [-0.4, -0.2) is 56.1 Å². The Labute approximate surface area is 194 Å². The highest BCUT2D eigenvalue weighted by atomic mass is 16.5. The van der Waals surface area contributed by atoms with Crippen molar-refractivity contribution in [3.63, 3.8) is 0 Å². The summed E-state index contributed by atoms with van der Waals surface area (Å²) in [6.07, 6.45) is 0.605. The highest BCUT2D eigenvalue weighted by molar-refractivity contribution is 6.22. The van der Waals surface area contributed by atoms with Gasteiger partial charge in [-0.1, -0.05) is 60.7 Å². The molecule has 0 aliphatic carbocycles. The van der Waals surface area contributed by atoms with Gasteiger partial charge in [0.05, 0.1) is 18.5 Å². The molecular weight excluding hydrogens is 412 g/mol. The lowest BCUT2D eigenvalue weighted by atomic mass is 10.1. The van der Waals surface area contributed by atoms with E-state index in [1.54, 1.807) is 12.0 Å². The zero-order valence-corrected chi connectivity index (χ0v) is 18.8. The zero-order chi connectivity index (χ0) is 22.6. The minimum atomic E-state index is -0.408. The van der Waals surface area contributed by atoms with E-state index >= 15 is 0 Å². The van der Waals surface area contributed by atoms with Crippen LogP contribution in [0.4, 0.5) is 11.4 Å². The van der Waals surface area contributed by atoms with Gasteiger partial charge in [-0.25, -0.2) is 9.89 Å². The molecule has 5 rings (SSSR count). The van der Waals surface area contributed by atoms with E-state index in [2.05, 4.69) is 28.0 Å². The van der Waals surface area contributed by atoms with Crippen LogP contribution in [0.2, 0.25) is 0 Å². The van der Waals surface area contributed by atoms with Gasteiger partial charge in [0.15, 0.2) is 0 Å². The molecule has 3 aromatic carbocycles. The summed E-state index contributed by atoms with van der Waals surface area (Å²) in [4.78, 5) is 24.8. The number of carbonyl (C=O) groups is 1. The minimum absolute atomic E-state index is 0.0345. The van der Waals surface area contributed by atoms with Gasteiger partial charge in [0.1, 0.15) is 11.8 Å². The van der Waals surface area contributed by atoms with E-state index in [4.69, 9.17) is 9.73 Å². The molecule has 6 nitrogen and oxygen atoms in total. The second-order valence-corrected chi connectivity index (χ2v) is 8.29. The number of nitrogens with zero attached hydrogens (tertiary/aromatic N) is 4. The summed E-state index contributed by atoms with van der Waals surface area (Å²) < 4.78 is 5.55. The second kappa shape index (κ2) is 9.36. The van der Waals surface area contributed by atoms with Crippen molar-refractivity contribution in [3.05, 3.63) is 90.5 Å². The third-order valence-corrected chi connectivity index (χ3v) is 6.25. The van der Waals surface area contributed by atoms with Crippen LogP contribution in [-0.2, 0) is 11.2 Å². The molecule has 1 fully saturated rings. The molecule has 1 atom stereocenters. The molecule has 0 spiro atoms. The van der Waals surface area contributed by atoms with E-state index in [1.807, 2.05) is 66.7 Å². The van der Waals surface area contributed by atoms with Crippen LogP contribution in [0.1, 0.15) is 5.56 Å². The van der Waals surface area contributed by atoms with Crippen LogP contribution in [0, 0.1) is 0 Å². The van der Waals surface area contributed by atoms with Gasteiger partial charge in [-0.2, -0.15) is 0 Å². The van der Waals surface area contributed by atoms with Crippen molar-refractivity contribution >= 4 is 23.2 Å². The number of rotatable bonds is 5. The Bertz CT molecular complexity index is 1130. The monoisotopic (exact) mass is 440 g/mol. The van der Waals surface area contributed by atoms with E-state index in [-0.39, 0.29) is 5.91 Å². The molecule has 2 aliphatic rings. The van der Waals surface area contributed by atoms with Crippen LogP contribution < -0.4 is 14.5 Å². The first-order valence-corrected chi connectivity index (χ1v) is 11.4. The highest BCUT2D eigenvalue weighted by Crippen LogP contribution is 2.30. The molecule has 1 amide bonds. The quantitative estimate of drug-likeness (QED) is 0.605. The van der Waals surface area contributed by atoms with E-state index in [1.165, 1.54) is 0 Å². The number of piperazine rings is 1. The molecule has 0 saturated carbocycles. The lowest BCUT2D eigenvalue weighted by molar-refractivity contribution is -0.118. The number of amides is 1. The number of para-hydroxylation sites is 3. The maximum Gasteiger partial charge on any atom is 0.259 e. The number of guanidine groups is 1. The molecule has 1 saturated heterocycles. The van der Waals surface area contributed by atoms with Crippen LogP contribution in [0.3, 0.4) is 0 Å². The van der Waals surface area contributed by atoms with Crippen molar-refractivity contribution < 1.29 is 9.53 Å². The zero-order valence-electron chi connectivity index (χ0n) is 18.8. The van der Waals surface area contributed by atoms with Crippen molar-refractivity contribution in [2.45, 2.75) is 12.5 Å². The summed E-state index contributed by atoms with van der Waals surface area (Å²) >= 11 is 0. The number of carbonyl (C=O) groups excluding carboxylic acids is 1. The fourth-order valence-electron chi connectivity index (χ4n) is 4.55. The van der Waals surface area contributed by atoms with E-state index in [9.17, 15) is 4.79 Å². The summed E-state index contributed by atoms with van der Waals surface area (Å²) in [6.45, 7) is 3.23. The van der Waals surface area contributed by atoms with Crippen LogP contribution >= 0.6 is 0 Å². The fourth-order valence-corrected chi connectivity index (χ4v) is 4.55. The van der Waals surface area contributed by atoms with Crippen molar-refractivity contribution in [1.29, 1.82) is 0 Å². The molecule has 0 bridgehead atoms. The molecule has 0 radical (unpaired) electrons. The maximum absolute atomic E-state index is 13.5. The summed E-state index contributed by atoms with van der Waals surface area (Å²) in [5.41, 5.74) is 3.09. The van der Waals surface area contributed by atoms with Gasteiger partial charge >= 0.3 is 0 Å². The van der Waals surface area contributed by atoms with Crippen LogP contribution in [0.5, 0.6) is 5.75 Å². The van der Waals surface area contributed by atoms with Gasteiger partial charge in [-0.05, 0) is 29.8 Å². The van der Waals surface area contributed by atoms with E-state index in [0.29, 0.717) is 6.42 Å². The minimum Gasteiger partial charge on any atom is -0.495 e. The van der Waals surface area contributed by atoms with Crippen molar-refractivity contribution in [1.82, 2.24) is 4.90 Å². The maximum atomic E-state index is 13.5.